The normalized spacial score (nSPS) is 12.1. The maximum absolute atomic E-state index is 5.88. The molecule has 20 heavy (non-hydrogen) atoms. The highest BCUT2D eigenvalue weighted by Crippen LogP contribution is 2.28. The van der Waals surface area contributed by atoms with E-state index >= 15 is 0 Å². The van der Waals surface area contributed by atoms with E-state index in [0.717, 1.165) is 34.4 Å². The minimum absolute atomic E-state index is 0.282. The Bertz CT molecular complexity index is 475. The van der Waals surface area contributed by atoms with Crippen LogP contribution in [0.5, 0.6) is 5.75 Å². The lowest BCUT2D eigenvalue weighted by molar-refractivity contribution is 0.351. The van der Waals surface area contributed by atoms with E-state index in [0.29, 0.717) is 11.0 Å². The van der Waals surface area contributed by atoms with E-state index in [1.807, 2.05) is 13.0 Å². The molecule has 0 aliphatic carbocycles. The lowest BCUT2D eigenvalue weighted by Crippen LogP contribution is -2.19. The predicted molar refractivity (Wildman–Crippen MR) is 90.7 cm³/mol. The van der Waals surface area contributed by atoms with Gasteiger partial charge in [0, 0.05) is 22.1 Å². The summed E-state index contributed by atoms with van der Waals surface area (Å²) in [5, 5.41) is 3.90. The van der Waals surface area contributed by atoms with Gasteiger partial charge in [-0.1, -0.05) is 53.0 Å². The Hall–Kier alpha value is -0.220. The average molecular weight is 381 g/mol. The van der Waals surface area contributed by atoms with Gasteiger partial charge in [0.1, 0.15) is 12.4 Å². The zero-order valence-corrected chi connectivity index (χ0v) is 15.1. The Morgan fingerprint density at radius 2 is 2.15 bits per heavy atom. The third kappa shape index (κ3) is 6.04. The molecule has 0 aliphatic heterocycles. The van der Waals surface area contributed by atoms with Crippen LogP contribution in [0.4, 0.5) is 0 Å². The van der Waals surface area contributed by atoms with Crippen LogP contribution in [-0.2, 0) is 6.54 Å². The molecule has 0 spiro atoms. The largest absolute Gasteiger partial charge is 0.487 e. The fourth-order valence-corrected chi connectivity index (χ4v) is 2.54. The molecule has 1 rings (SSSR count). The molecule has 0 saturated heterocycles. The molecular formula is C15H20BrCl2NO. The minimum Gasteiger partial charge on any atom is -0.487 e. The number of aryl methyl sites for hydroxylation is 1. The second kappa shape index (κ2) is 8.93. The van der Waals surface area contributed by atoms with Gasteiger partial charge in [0.25, 0.3) is 0 Å². The molecule has 1 N–H and O–H groups in total. The van der Waals surface area contributed by atoms with E-state index < -0.39 is 0 Å². The number of hydrogen-bond donors (Lipinski definition) is 1. The molecular weight excluding hydrogens is 361 g/mol. The number of ether oxygens (including phenoxy) is 1. The summed E-state index contributed by atoms with van der Waals surface area (Å²) in [6.07, 6.45) is 0. The predicted octanol–water partition coefficient (Wildman–Crippen LogP) is 5.20. The molecule has 0 heterocycles. The van der Waals surface area contributed by atoms with E-state index in [4.69, 9.17) is 27.9 Å². The van der Waals surface area contributed by atoms with Crippen molar-refractivity contribution in [3.05, 3.63) is 38.3 Å². The van der Waals surface area contributed by atoms with Crippen molar-refractivity contribution in [1.82, 2.24) is 5.32 Å². The van der Waals surface area contributed by atoms with Crippen LogP contribution in [0, 0.1) is 12.8 Å². The highest BCUT2D eigenvalue weighted by atomic mass is 79.9. The topological polar surface area (TPSA) is 21.3 Å². The molecule has 0 fully saturated rings. The second-order valence-electron chi connectivity index (χ2n) is 5.08. The lowest BCUT2D eigenvalue weighted by atomic mass is 10.1. The third-order valence-electron chi connectivity index (χ3n) is 2.66. The van der Waals surface area contributed by atoms with Crippen molar-refractivity contribution in [2.75, 3.05) is 13.2 Å². The molecule has 0 aliphatic rings. The molecule has 0 unspecified atom stereocenters. The highest BCUT2D eigenvalue weighted by Gasteiger charge is 2.10. The summed E-state index contributed by atoms with van der Waals surface area (Å²) in [7, 11) is 0. The fourth-order valence-electron chi connectivity index (χ4n) is 1.81. The standard InChI is InChI=1S/C15H20BrCl2NO/c1-10(2)7-19-8-12-5-13(16)4-11(3)15(12)20-9-14(18)6-17/h4-6,10,19H,7-9H2,1-3H3/b14-6-. The van der Waals surface area contributed by atoms with Crippen molar-refractivity contribution in [2.45, 2.75) is 27.3 Å². The first kappa shape index (κ1) is 17.8. The van der Waals surface area contributed by atoms with Gasteiger partial charge in [0.05, 0.1) is 5.03 Å². The quantitative estimate of drug-likeness (QED) is 0.701. The van der Waals surface area contributed by atoms with Gasteiger partial charge >= 0.3 is 0 Å². The van der Waals surface area contributed by atoms with Gasteiger partial charge in [-0.2, -0.15) is 0 Å². The molecule has 0 aromatic heterocycles. The van der Waals surface area contributed by atoms with Crippen molar-refractivity contribution in [3.8, 4) is 5.75 Å². The summed E-state index contributed by atoms with van der Waals surface area (Å²) >= 11 is 14.9. The van der Waals surface area contributed by atoms with Crippen LogP contribution < -0.4 is 10.1 Å². The summed E-state index contributed by atoms with van der Waals surface area (Å²) in [6, 6.07) is 4.09. The van der Waals surface area contributed by atoms with Gasteiger partial charge in [-0.15, -0.1) is 0 Å². The van der Waals surface area contributed by atoms with Gasteiger partial charge in [0.2, 0.25) is 0 Å². The molecule has 0 radical (unpaired) electrons. The maximum atomic E-state index is 5.88. The van der Waals surface area contributed by atoms with Crippen molar-refractivity contribution < 1.29 is 4.74 Å². The number of benzene rings is 1. The Morgan fingerprint density at radius 3 is 2.75 bits per heavy atom. The first-order valence-electron chi connectivity index (χ1n) is 6.51. The monoisotopic (exact) mass is 379 g/mol. The van der Waals surface area contributed by atoms with Crippen molar-refractivity contribution in [2.24, 2.45) is 5.92 Å². The molecule has 1 aromatic carbocycles. The van der Waals surface area contributed by atoms with Crippen LogP contribution in [0.25, 0.3) is 0 Å². The van der Waals surface area contributed by atoms with Crippen molar-refractivity contribution in [3.63, 3.8) is 0 Å². The highest BCUT2D eigenvalue weighted by molar-refractivity contribution is 9.10. The van der Waals surface area contributed by atoms with Gasteiger partial charge in [-0.3, -0.25) is 0 Å². The zero-order chi connectivity index (χ0) is 15.1. The first-order chi connectivity index (χ1) is 9.43. The van der Waals surface area contributed by atoms with E-state index in [2.05, 4.69) is 41.2 Å². The molecule has 0 saturated carbocycles. The Morgan fingerprint density at radius 1 is 1.45 bits per heavy atom. The van der Waals surface area contributed by atoms with E-state index in [1.54, 1.807) is 0 Å². The SMILES string of the molecule is Cc1cc(Br)cc(CNCC(C)C)c1OC/C(Cl)=C/Cl. The third-order valence-corrected chi connectivity index (χ3v) is 3.71. The van der Waals surface area contributed by atoms with Gasteiger partial charge < -0.3 is 10.1 Å². The van der Waals surface area contributed by atoms with Crippen LogP contribution in [-0.4, -0.2) is 13.2 Å². The average Bonchev–Trinajstić information content (AvgIpc) is 2.36. The summed E-state index contributed by atoms with van der Waals surface area (Å²) in [5.74, 6) is 1.47. The zero-order valence-electron chi connectivity index (χ0n) is 12.0. The first-order valence-corrected chi connectivity index (χ1v) is 8.12. The molecule has 1 aromatic rings. The summed E-state index contributed by atoms with van der Waals surface area (Å²) in [5.41, 5.74) is 3.50. The molecule has 112 valence electrons. The number of hydrogen-bond acceptors (Lipinski definition) is 2. The molecule has 2 nitrogen and oxygen atoms in total. The molecule has 0 atom stereocenters. The molecule has 5 heteroatoms. The molecule has 0 bridgehead atoms. The van der Waals surface area contributed by atoms with E-state index in [9.17, 15) is 0 Å². The van der Waals surface area contributed by atoms with Crippen molar-refractivity contribution >= 4 is 39.1 Å². The summed E-state index contributed by atoms with van der Waals surface area (Å²) < 4.78 is 6.83. The maximum Gasteiger partial charge on any atom is 0.127 e. The van der Waals surface area contributed by atoms with E-state index in [1.165, 1.54) is 5.54 Å². The second-order valence-corrected chi connectivity index (χ2v) is 6.70. The summed E-state index contributed by atoms with van der Waals surface area (Å²) in [6.45, 7) is 8.39. The van der Waals surface area contributed by atoms with E-state index in [-0.39, 0.29) is 6.61 Å². The van der Waals surface area contributed by atoms with Crippen LogP contribution in [0.3, 0.4) is 0 Å². The van der Waals surface area contributed by atoms with Crippen LogP contribution >= 0.6 is 39.1 Å². The summed E-state index contributed by atoms with van der Waals surface area (Å²) in [4.78, 5) is 0. The molecule has 0 amide bonds. The van der Waals surface area contributed by atoms with Crippen molar-refractivity contribution in [1.29, 1.82) is 0 Å². The minimum atomic E-state index is 0.282. The fraction of sp³-hybridized carbons (Fsp3) is 0.467. The van der Waals surface area contributed by atoms with Gasteiger partial charge in [-0.25, -0.2) is 0 Å². The smallest absolute Gasteiger partial charge is 0.127 e. The van der Waals surface area contributed by atoms with Crippen LogP contribution in [0.1, 0.15) is 25.0 Å². The van der Waals surface area contributed by atoms with Crippen LogP contribution in [0.2, 0.25) is 0 Å². The lowest BCUT2D eigenvalue weighted by Gasteiger charge is -2.16. The van der Waals surface area contributed by atoms with Crippen LogP contribution in [0.15, 0.2) is 27.2 Å². The van der Waals surface area contributed by atoms with Gasteiger partial charge in [-0.05, 0) is 37.1 Å². The number of halogens is 3. The Kier molecular flexibility index (Phi) is 7.96. The Labute approximate surface area is 139 Å². The Balaban J connectivity index is 2.84. The van der Waals surface area contributed by atoms with Gasteiger partial charge in [0.15, 0.2) is 0 Å². The number of nitrogens with one attached hydrogen (secondary N) is 1. The number of rotatable bonds is 7.